The van der Waals surface area contributed by atoms with E-state index in [1.165, 1.54) is 13.2 Å². The van der Waals surface area contributed by atoms with Crippen LogP contribution in [0.1, 0.15) is 17.1 Å². The Morgan fingerprint density at radius 2 is 1.97 bits per heavy atom. The van der Waals surface area contributed by atoms with Crippen LogP contribution < -0.4 is 10.3 Å². The summed E-state index contributed by atoms with van der Waals surface area (Å²) in [5.41, 5.74) is 1.34. The topological polar surface area (TPSA) is 60.5 Å². The number of aromatic nitrogens is 2. The Balaban J connectivity index is 1.65. The predicted octanol–water partition coefficient (Wildman–Crippen LogP) is 3.82. The van der Waals surface area contributed by atoms with Crippen molar-refractivity contribution in [3.05, 3.63) is 94.2 Å². The van der Waals surface area contributed by atoms with Gasteiger partial charge in [0.15, 0.2) is 11.6 Å². The minimum Gasteiger partial charge on any atom is -0.494 e. The number of para-hydroxylation sites is 1. The first kappa shape index (κ1) is 19.8. The standard InChI is InChI=1S/C23H22FN3O3/c1-26(13-16-9-10-21(29-2)19(24)12-16)15-22-25-20-8-4-3-7-18(20)23(28)27(22)14-17-6-5-11-30-17/h3-12H,13-15H2,1-2H3. The van der Waals surface area contributed by atoms with Gasteiger partial charge in [0.05, 0.1) is 37.4 Å². The highest BCUT2D eigenvalue weighted by Gasteiger charge is 2.15. The van der Waals surface area contributed by atoms with Gasteiger partial charge in [-0.05, 0) is 49.0 Å². The average molecular weight is 407 g/mol. The lowest BCUT2D eigenvalue weighted by Crippen LogP contribution is -2.29. The van der Waals surface area contributed by atoms with Crippen molar-refractivity contribution < 1.29 is 13.5 Å². The van der Waals surface area contributed by atoms with E-state index < -0.39 is 5.82 Å². The third-order valence-corrected chi connectivity index (χ3v) is 4.91. The van der Waals surface area contributed by atoms with Crippen LogP contribution in [0.25, 0.3) is 10.9 Å². The Hall–Kier alpha value is -3.45. The first-order chi connectivity index (χ1) is 14.5. The van der Waals surface area contributed by atoms with Crippen LogP contribution in [0.2, 0.25) is 0 Å². The lowest BCUT2D eigenvalue weighted by Gasteiger charge is -2.20. The monoisotopic (exact) mass is 407 g/mol. The molecule has 0 fully saturated rings. The highest BCUT2D eigenvalue weighted by Crippen LogP contribution is 2.19. The number of benzene rings is 2. The summed E-state index contributed by atoms with van der Waals surface area (Å²) in [5.74, 6) is 1.11. The minimum atomic E-state index is -0.401. The van der Waals surface area contributed by atoms with E-state index in [0.29, 0.717) is 42.1 Å². The van der Waals surface area contributed by atoms with E-state index in [1.54, 1.807) is 29.0 Å². The number of ether oxygens (including phenoxy) is 1. The van der Waals surface area contributed by atoms with Crippen LogP contribution in [-0.4, -0.2) is 28.6 Å². The summed E-state index contributed by atoms with van der Waals surface area (Å²) < 4.78 is 26.1. The number of fused-ring (bicyclic) bond motifs is 1. The fourth-order valence-corrected chi connectivity index (χ4v) is 3.47. The molecule has 2 aromatic heterocycles. The van der Waals surface area contributed by atoms with Crippen LogP contribution in [0.3, 0.4) is 0 Å². The zero-order valence-electron chi connectivity index (χ0n) is 16.8. The van der Waals surface area contributed by atoms with Gasteiger partial charge in [0, 0.05) is 6.54 Å². The lowest BCUT2D eigenvalue weighted by atomic mass is 10.2. The number of hydrogen-bond acceptors (Lipinski definition) is 5. The van der Waals surface area contributed by atoms with Crippen molar-refractivity contribution in [1.29, 1.82) is 0 Å². The van der Waals surface area contributed by atoms with Gasteiger partial charge in [0.1, 0.15) is 11.6 Å². The summed E-state index contributed by atoms with van der Waals surface area (Å²) in [6.07, 6.45) is 1.58. The third kappa shape index (κ3) is 4.11. The molecule has 0 aliphatic carbocycles. The summed E-state index contributed by atoms with van der Waals surface area (Å²) in [7, 11) is 3.34. The van der Waals surface area contributed by atoms with Gasteiger partial charge in [-0.15, -0.1) is 0 Å². The van der Waals surface area contributed by atoms with Crippen molar-refractivity contribution in [1.82, 2.24) is 14.5 Å². The first-order valence-electron chi connectivity index (χ1n) is 9.57. The second-order valence-electron chi connectivity index (χ2n) is 7.16. The van der Waals surface area contributed by atoms with Crippen molar-refractivity contribution in [2.75, 3.05) is 14.2 Å². The maximum atomic E-state index is 14.0. The van der Waals surface area contributed by atoms with E-state index in [-0.39, 0.29) is 11.3 Å². The number of halogens is 1. The SMILES string of the molecule is COc1ccc(CN(C)Cc2nc3ccccc3c(=O)n2Cc2ccco2)cc1F. The Morgan fingerprint density at radius 1 is 1.13 bits per heavy atom. The highest BCUT2D eigenvalue weighted by molar-refractivity contribution is 5.77. The molecule has 0 N–H and O–H groups in total. The molecule has 30 heavy (non-hydrogen) atoms. The molecule has 2 heterocycles. The van der Waals surface area contributed by atoms with Crippen LogP contribution in [0.5, 0.6) is 5.75 Å². The van der Waals surface area contributed by atoms with Gasteiger partial charge in [0.25, 0.3) is 5.56 Å². The van der Waals surface area contributed by atoms with E-state index in [1.807, 2.05) is 42.3 Å². The second-order valence-corrected chi connectivity index (χ2v) is 7.16. The molecule has 0 saturated heterocycles. The van der Waals surface area contributed by atoms with Crippen LogP contribution in [-0.2, 0) is 19.6 Å². The summed E-state index contributed by atoms with van der Waals surface area (Å²) >= 11 is 0. The quantitative estimate of drug-likeness (QED) is 0.466. The molecule has 0 bridgehead atoms. The zero-order valence-corrected chi connectivity index (χ0v) is 16.8. The predicted molar refractivity (Wildman–Crippen MR) is 112 cm³/mol. The summed E-state index contributed by atoms with van der Waals surface area (Å²) in [6, 6.07) is 15.8. The van der Waals surface area contributed by atoms with Crippen LogP contribution >= 0.6 is 0 Å². The fourth-order valence-electron chi connectivity index (χ4n) is 3.47. The van der Waals surface area contributed by atoms with Gasteiger partial charge in [-0.1, -0.05) is 18.2 Å². The molecule has 0 saturated carbocycles. The summed E-state index contributed by atoms with van der Waals surface area (Å²) in [5, 5.41) is 0.563. The molecular weight excluding hydrogens is 385 g/mol. The van der Waals surface area contributed by atoms with Crippen molar-refractivity contribution >= 4 is 10.9 Å². The van der Waals surface area contributed by atoms with E-state index in [9.17, 15) is 9.18 Å². The molecular formula is C23H22FN3O3. The summed E-state index contributed by atoms with van der Waals surface area (Å²) in [4.78, 5) is 19.8. The molecule has 2 aromatic carbocycles. The van der Waals surface area contributed by atoms with Crippen molar-refractivity contribution in [3.63, 3.8) is 0 Å². The van der Waals surface area contributed by atoms with E-state index in [2.05, 4.69) is 0 Å². The fraction of sp³-hybridized carbons (Fsp3) is 0.217. The highest BCUT2D eigenvalue weighted by atomic mass is 19.1. The van der Waals surface area contributed by atoms with Gasteiger partial charge >= 0.3 is 0 Å². The molecule has 6 nitrogen and oxygen atoms in total. The molecule has 4 rings (SSSR count). The number of methoxy groups -OCH3 is 1. The van der Waals surface area contributed by atoms with Crippen LogP contribution in [0.15, 0.2) is 70.1 Å². The molecule has 0 unspecified atom stereocenters. The maximum Gasteiger partial charge on any atom is 0.261 e. The number of hydrogen-bond donors (Lipinski definition) is 0. The molecule has 4 aromatic rings. The van der Waals surface area contributed by atoms with E-state index >= 15 is 0 Å². The molecule has 0 radical (unpaired) electrons. The molecule has 0 aliphatic heterocycles. The Labute approximate surface area is 173 Å². The van der Waals surface area contributed by atoms with Crippen molar-refractivity contribution in [3.8, 4) is 5.75 Å². The van der Waals surface area contributed by atoms with E-state index in [0.717, 1.165) is 5.56 Å². The second kappa shape index (κ2) is 8.51. The molecule has 0 amide bonds. The average Bonchev–Trinajstić information content (AvgIpc) is 3.24. The molecule has 0 aliphatic rings. The van der Waals surface area contributed by atoms with Gasteiger partial charge in [0.2, 0.25) is 0 Å². The van der Waals surface area contributed by atoms with E-state index in [4.69, 9.17) is 14.1 Å². The molecule has 7 heteroatoms. The van der Waals surface area contributed by atoms with Crippen LogP contribution in [0, 0.1) is 5.82 Å². The Bertz CT molecular complexity index is 1220. The summed E-state index contributed by atoms with van der Waals surface area (Å²) in [6.45, 7) is 1.20. The third-order valence-electron chi connectivity index (χ3n) is 4.91. The number of furan rings is 1. The van der Waals surface area contributed by atoms with Gasteiger partial charge in [-0.3, -0.25) is 14.3 Å². The largest absolute Gasteiger partial charge is 0.494 e. The smallest absolute Gasteiger partial charge is 0.261 e. The molecule has 0 atom stereocenters. The molecule has 0 spiro atoms. The Morgan fingerprint density at radius 3 is 2.70 bits per heavy atom. The van der Waals surface area contributed by atoms with Crippen LogP contribution in [0.4, 0.5) is 4.39 Å². The van der Waals surface area contributed by atoms with Crippen molar-refractivity contribution in [2.24, 2.45) is 0 Å². The minimum absolute atomic E-state index is 0.115. The van der Waals surface area contributed by atoms with Gasteiger partial charge < -0.3 is 9.15 Å². The van der Waals surface area contributed by atoms with Crippen molar-refractivity contribution in [2.45, 2.75) is 19.6 Å². The van der Waals surface area contributed by atoms with Gasteiger partial charge in [-0.25, -0.2) is 9.37 Å². The Kier molecular flexibility index (Phi) is 5.63. The molecule has 154 valence electrons. The lowest BCUT2D eigenvalue weighted by molar-refractivity contribution is 0.301. The normalized spacial score (nSPS) is 11.3. The maximum absolute atomic E-state index is 14.0. The first-order valence-corrected chi connectivity index (χ1v) is 9.57. The zero-order chi connectivity index (χ0) is 21.1. The number of nitrogens with zero attached hydrogens (tertiary/aromatic N) is 3. The van der Waals surface area contributed by atoms with Gasteiger partial charge in [-0.2, -0.15) is 0 Å². The number of rotatable bonds is 7.